The van der Waals surface area contributed by atoms with Crippen molar-refractivity contribution in [1.82, 2.24) is 19.8 Å². The van der Waals surface area contributed by atoms with E-state index in [2.05, 4.69) is 45.5 Å². The number of halogens is 2. The van der Waals surface area contributed by atoms with Gasteiger partial charge in [0.25, 0.3) is 0 Å². The molecule has 3 atom stereocenters. The molecule has 1 unspecified atom stereocenters. The molecule has 2 aromatic carbocycles. The number of alkyl halides is 1. The number of aromatic nitrogens is 2. The number of fused-ring (bicyclic) bond motifs is 3. The van der Waals surface area contributed by atoms with E-state index in [4.69, 9.17) is 26.3 Å². The van der Waals surface area contributed by atoms with Crippen molar-refractivity contribution >= 4 is 39.8 Å². The van der Waals surface area contributed by atoms with Gasteiger partial charge in [0.05, 0.1) is 28.8 Å². The average Bonchev–Trinajstić information content (AvgIpc) is 3.48. The molecule has 45 heavy (non-hydrogen) atoms. The normalized spacial score (nSPS) is 26.3. The lowest BCUT2D eigenvalue weighted by Gasteiger charge is -2.37. The largest absolute Gasteiger partial charge is 0.461 e. The first-order valence-electron chi connectivity index (χ1n) is 16.5. The third-order valence-electron chi connectivity index (χ3n) is 10.7. The average molecular weight is 631 g/mol. The number of carbonyl (C=O) groups excluding carboxylic acids is 1. The molecule has 1 amide bonds. The first-order chi connectivity index (χ1) is 21.9. The van der Waals surface area contributed by atoms with Gasteiger partial charge in [0, 0.05) is 55.3 Å². The molecule has 5 heterocycles. The molecule has 236 valence electrons. The van der Waals surface area contributed by atoms with Gasteiger partial charge >= 0.3 is 6.01 Å². The van der Waals surface area contributed by atoms with Crippen LogP contribution in [-0.4, -0.2) is 88.8 Å². The molecule has 8 nitrogen and oxygen atoms in total. The van der Waals surface area contributed by atoms with Gasteiger partial charge in [-0.25, -0.2) is 4.39 Å². The monoisotopic (exact) mass is 630 g/mol. The van der Waals surface area contributed by atoms with E-state index >= 15 is 0 Å². The Labute approximate surface area is 268 Å². The molecule has 1 saturated carbocycles. The van der Waals surface area contributed by atoms with Gasteiger partial charge in [-0.2, -0.15) is 9.97 Å². The number of rotatable bonds is 8. The Morgan fingerprint density at radius 2 is 1.96 bits per heavy atom. The number of hydrogen-bond donors (Lipinski definition) is 0. The van der Waals surface area contributed by atoms with Crippen LogP contribution in [0.25, 0.3) is 10.8 Å². The highest BCUT2D eigenvalue weighted by atomic mass is 35.5. The van der Waals surface area contributed by atoms with Crippen LogP contribution in [0.1, 0.15) is 49.8 Å². The molecule has 0 N–H and O–H groups in total. The topological polar surface area (TPSA) is 65.0 Å². The number of hydrogen-bond acceptors (Lipinski definition) is 7. The molecule has 3 aromatic rings. The molecule has 4 aliphatic heterocycles. The van der Waals surface area contributed by atoms with Crippen LogP contribution in [0.3, 0.4) is 0 Å². The van der Waals surface area contributed by atoms with Crippen LogP contribution in [0.4, 0.5) is 15.9 Å². The quantitative estimate of drug-likeness (QED) is 0.302. The van der Waals surface area contributed by atoms with Crippen molar-refractivity contribution in [3.8, 4) is 6.01 Å². The first kappa shape index (κ1) is 29.0. The number of amides is 1. The Hall–Kier alpha value is -3.43. The molecule has 4 fully saturated rings. The van der Waals surface area contributed by atoms with E-state index in [9.17, 15) is 9.18 Å². The van der Waals surface area contributed by atoms with Crippen LogP contribution < -0.4 is 14.5 Å². The minimum Gasteiger partial charge on any atom is -0.461 e. The Morgan fingerprint density at radius 1 is 1.11 bits per heavy atom. The second-order valence-electron chi connectivity index (χ2n) is 13.5. The van der Waals surface area contributed by atoms with Gasteiger partial charge in [0.1, 0.15) is 18.6 Å². The minimum atomic E-state index is -0.816. The molecule has 1 aromatic heterocycles. The SMILES string of the molecule is C=CC(=O)N1CCC(N(c2nc(OC[C@@]34CCCN3C[C@H](F)C4)nc3c2CCN(c2cccc4cccc(Cl)c24)C3)C2CC2)C1. The second kappa shape index (κ2) is 11.4. The fourth-order valence-corrected chi connectivity index (χ4v) is 8.63. The van der Waals surface area contributed by atoms with Gasteiger partial charge in [-0.1, -0.05) is 42.4 Å². The summed E-state index contributed by atoms with van der Waals surface area (Å²) < 4.78 is 21.0. The summed E-state index contributed by atoms with van der Waals surface area (Å²) in [7, 11) is 0. The highest BCUT2D eigenvalue weighted by Crippen LogP contribution is 2.43. The third-order valence-corrected chi connectivity index (χ3v) is 11.0. The zero-order chi connectivity index (χ0) is 30.7. The lowest BCUT2D eigenvalue weighted by atomic mass is 9.95. The fraction of sp³-hybridized carbons (Fsp3) is 0.514. The predicted molar refractivity (Wildman–Crippen MR) is 175 cm³/mol. The Morgan fingerprint density at radius 3 is 2.78 bits per heavy atom. The predicted octanol–water partition coefficient (Wildman–Crippen LogP) is 5.56. The maximum Gasteiger partial charge on any atom is 0.318 e. The van der Waals surface area contributed by atoms with E-state index in [0.29, 0.717) is 51.3 Å². The molecule has 3 saturated heterocycles. The molecule has 0 spiro atoms. The molecular weight excluding hydrogens is 591 g/mol. The summed E-state index contributed by atoms with van der Waals surface area (Å²) in [6.07, 6.45) is 6.99. The van der Waals surface area contributed by atoms with Crippen LogP contribution in [0.2, 0.25) is 5.02 Å². The zero-order valence-electron chi connectivity index (χ0n) is 25.6. The molecule has 8 rings (SSSR count). The lowest BCUT2D eigenvalue weighted by Crippen LogP contribution is -2.44. The summed E-state index contributed by atoms with van der Waals surface area (Å²) in [5.41, 5.74) is 2.94. The second-order valence-corrected chi connectivity index (χ2v) is 13.9. The summed E-state index contributed by atoms with van der Waals surface area (Å²) in [6.45, 7) is 8.30. The van der Waals surface area contributed by atoms with Crippen molar-refractivity contribution in [3.63, 3.8) is 0 Å². The van der Waals surface area contributed by atoms with Gasteiger partial charge in [-0.15, -0.1) is 0 Å². The van der Waals surface area contributed by atoms with E-state index in [1.807, 2.05) is 17.0 Å². The summed E-state index contributed by atoms with van der Waals surface area (Å²) in [5, 5.41) is 2.90. The lowest BCUT2D eigenvalue weighted by molar-refractivity contribution is -0.125. The molecular formula is C35H40ClFN6O2. The van der Waals surface area contributed by atoms with Gasteiger partial charge < -0.3 is 19.4 Å². The maximum absolute atomic E-state index is 14.6. The van der Waals surface area contributed by atoms with E-state index < -0.39 is 6.17 Å². The summed E-state index contributed by atoms with van der Waals surface area (Å²) >= 11 is 6.75. The third kappa shape index (κ3) is 5.22. The van der Waals surface area contributed by atoms with Crippen molar-refractivity contribution < 1.29 is 13.9 Å². The van der Waals surface area contributed by atoms with Crippen LogP contribution in [-0.2, 0) is 17.8 Å². The van der Waals surface area contributed by atoms with E-state index in [1.165, 1.54) is 6.08 Å². The standard InChI is InChI=1S/C35H40ClFN6O2/c1-2-31(44)41-16-12-26(20-41)43(25-10-11-25)33-27-13-17-40(30-9-4-7-23-6-3-8-28(36)32(23)30)21-29(27)38-34(39-33)45-22-35-14-5-15-42(35)19-24(37)18-35/h2-4,6-9,24-26H,1,5,10-22H2/t24-,26?,35+/m1/s1. The van der Waals surface area contributed by atoms with Crippen LogP contribution >= 0.6 is 11.6 Å². The maximum atomic E-state index is 14.6. The fourth-order valence-electron chi connectivity index (χ4n) is 8.35. The van der Waals surface area contributed by atoms with Crippen molar-refractivity contribution in [2.75, 3.05) is 49.1 Å². The summed E-state index contributed by atoms with van der Waals surface area (Å²) in [4.78, 5) is 31.7. The van der Waals surface area contributed by atoms with Gasteiger partial charge in [-0.05, 0) is 68.7 Å². The van der Waals surface area contributed by atoms with Crippen molar-refractivity contribution in [2.24, 2.45) is 0 Å². The number of carbonyl (C=O) groups is 1. The van der Waals surface area contributed by atoms with Crippen molar-refractivity contribution in [3.05, 3.63) is 65.3 Å². The minimum absolute atomic E-state index is 0.0190. The Bertz CT molecular complexity index is 1640. The highest BCUT2D eigenvalue weighted by molar-refractivity contribution is 6.36. The van der Waals surface area contributed by atoms with Crippen LogP contribution in [0.15, 0.2) is 49.1 Å². The molecule has 10 heteroatoms. The van der Waals surface area contributed by atoms with Gasteiger partial charge in [0.15, 0.2) is 0 Å². The zero-order valence-corrected chi connectivity index (χ0v) is 26.4. The highest BCUT2D eigenvalue weighted by Gasteiger charge is 2.49. The first-order valence-corrected chi connectivity index (χ1v) is 16.8. The molecule has 5 aliphatic rings. The summed E-state index contributed by atoms with van der Waals surface area (Å²) in [6, 6.07) is 13.3. The van der Waals surface area contributed by atoms with Crippen LogP contribution in [0, 0.1) is 0 Å². The Kier molecular flexibility index (Phi) is 7.36. The number of anilines is 2. The summed E-state index contributed by atoms with van der Waals surface area (Å²) in [5.74, 6) is 0.927. The van der Waals surface area contributed by atoms with Gasteiger partial charge in [0.2, 0.25) is 5.91 Å². The van der Waals surface area contributed by atoms with Gasteiger partial charge in [-0.3, -0.25) is 9.69 Å². The van der Waals surface area contributed by atoms with Crippen molar-refractivity contribution in [2.45, 2.75) is 75.3 Å². The number of ether oxygens (including phenoxy) is 1. The number of nitrogens with zero attached hydrogens (tertiary/aromatic N) is 6. The van der Waals surface area contributed by atoms with E-state index in [0.717, 1.165) is 90.2 Å². The van der Waals surface area contributed by atoms with E-state index in [-0.39, 0.29) is 17.5 Å². The smallest absolute Gasteiger partial charge is 0.318 e. The molecule has 1 aliphatic carbocycles. The van der Waals surface area contributed by atoms with E-state index in [1.54, 1.807) is 0 Å². The molecule has 0 radical (unpaired) electrons. The van der Waals surface area contributed by atoms with Crippen molar-refractivity contribution in [1.29, 1.82) is 0 Å². The Balaban J connectivity index is 1.16. The number of likely N-dealkylation sites (tertiary alicyclic amines) is 1. The number of benzene rings is 2. The van der Waals surface area contributed by atoms with Crippen LogP contribution in [0.5, 0.6) is 6.01 Å². The molecule has 0 bridgehead atoms.